The first-order valence-corrected chi connectivity index (χ1v) is 7.85. The van der Waals surface area contributed by atoms with E-state index in [1.165, 1.54) is 0 Å². The lowest BCUT2D eigenvalue weighted by molar-refractivity contribution is -0.316. The summed E-state index contributed by atoms with van der Waals surface area (Å²) in [6.07, 6.45) is -11.7. The summed E-state index contributed by atoms with van der Waals surface area (Å²) in [6.45, 7) is 2.65. The molecule has 10 heteroatoms. The molecule has 9 atom stereocenters. The summed E-state index contributed by atoms with van der Waals surface area (Å²) >= 11 is 0. The van der Waals surface area contributed by atoms with Crippen molar-refractivity contribution >= 4 is 0 Å². The van der Waals surface area contributed by atoms with Gasteiger partial charge in [0.15, 0.2) is 12.6 Å². The molecule has 142 valence electrons. The number of aliphatic hydroxyl groups is 6. The third-order valence-corrected chi connectivity index (χ3v) is 4.00. The van der Waals surface area contributed by atoms with Gasteiger partial charge in [-0.3, -0.25) is 0 Å². The van der Waals surface area contributed by atoms with Crippen LogP contribution in [-0.4, -0.2) is 105 Å². The standard InChI is InChI=1S/C14H26O10/c1-5(2)22-14-12(20)10(18)9(17)7(24-14)4-21-13-11(19)8(16)6(3-15)23-13/h5-20H,3-4H2,1-2H3. The van der Waals surface area contributed by atoms with Gasteiger partial charge in [0.1, 0.15) is 42.7 Å². The zero-order valence-electron chi connectivity index (χ0n) is 13.5. The molecule has 0 amide bonds. The SMILES string of the molecule is CC(C)OC1OC(COC2OC(CO)C(O)C2O)C(O)C(O)C1O. The quantitative estimate of drug-likeness (QED) is 0.285. The lowest BCUT2D eigenvalue weighted by atomic mass is 9.99. The lowest BCUT2D eigenvalue weighted by Crippen LogP contribution is -2.60. The van der Waals surface area contributed by atoms with E-state index < -0.39 is 61.9 Å². The Hall–Kier alpha value is -0.400. The number of hydrogen-bond donors (Lipinski definition) is 6. The monoisotopic (exact) mass is 354 g/mol. The smallest absolute Gasteiger partial charge is 0.186 e. The molecular weight excluding hydrogens is 328 g/mol. The van der Waals surface area contributed by atoms with Crippen LogP contribution >= 0.6 is 0 Å². The first-order chi connectivity index (χ1) is 11.3. The molecule has 2 saturated heterocycles. The van der Waals surface area contributed by atoms with E-state index in [-0.39, 0.29) is 12.7 Å². The van der Waals surface area contributed by atoms with Crippen molar-refractivity contribution in [3.63, 3.8) is 0 Å². The highest BCUT2D eigenvalue weighted by molar-refractivity contribution is 4.90. The predicted molar refractivity (Wildman–Crippen MR) is 76.6 cm³/mol. The van der Waals surface area contributed by atoms with Crippen molar-refractivity contribution in [2.24, 2.45) is 0 Å². The van der Waals surface area contributed by atoms with Crippen LogP contribution in [0.2, 0.25) is 0 Å². The van der Waals surface area contributed by atoms with E-state index in [2.05, 4.69) is 0 Å². The molecule has 2 aliphatic rings. The summed E-state index contributed by atoms with van der Waals surface area (Å²) < 4.78 is 21.2. The van der Waals surface area contributed by atoms with Crippen molar-refractivity contribution in [3.05, 3.63) is 0 Å². The maximum Gasteiger partial charge on any atom is 0.186 e. The van der Waals surface area contributed by atoms with E-state index in [1.54, 1.807) is 13.8 Å². The van der Waals surface area contributed by atoms with Gasteiger partial charge in [-0.05, 0) is 13.8 Å². The predicted octanol–water partition coefficient (Wildman–Crippen LogP) is -3.33. The molecule has 0 aliphatic carbocycles. The summed E-state index contributed by atoms with van der Waals surface area (Å²) in [4.78, 5) is 0. The third-order valence-electron chi connectivity index (χ3n) is 4.00. The topological polar surface area (TPSA) is 158 Å². The molecule has 0 radical (unpaired) electrons. The van der Waals surface area contributed by atoms with Crippen LogP contribution in [0.1, 0.15) is 13.8 Å². The summed E-state index contributed by atoms with van der Waals surface area (Å²) in [5.74, 6) is 0. The molecular formula is C14H26O10. The van der Waals surface area contributed by atoms with Crippen molar-refractivity contribution in [3.8, 4) is 0 Å². The Morgan fingerprint density at radius 2 is 1.33 bits per heavy atom. The van der Waals surface area contributed by atoms with E-state index in [9.17, 15) is 25.5 Å². The summed E-state index contributed by atoms with van der Waals surface area (Å²) in [7, 11) is 0. The summed E-state index contributed by atoms with van der Waals surface area (Å²) in [6, 6.07) is 0. The Kier molecular flexibility index (Phi) is 6.90. The minimum Gasteiger partial charge on any atom is -0.394 e. The molecule has 24 heavy (non-hydrogen) atoms. The fourth-order valence-corrected chi connectivity index (χ4v) is 2.63. The minimum atomic E-state index is -1.50. The van der Waals surface area contributed by atoms with Crippen LogP contribution in [0.15, 0.2) is 0 Å². The lowest BCUT2D eigenvalue weighted by Gasteiger charge is -2.41. The van der Waals surface area contributed by atoms with Gasteiger partial charge in [-0.1, -0.05) is 0 Å². The first-order valence-electron chi connectivity index (χ1n) is 7.85. The largest absolute Gasteiger partial charge is 0.394 e. The average molecular weight is 354 g/mol. The Morgan fingerprint density at radius 3 is 1.88 bits per heavy atom. The Balaban J connectivity index is 1.93. The van der Waals surface area contributed by atoms with Crippen LogP contribution in [-0.2, 0) is 18.9 Å². The molecule has 0 aromatic rings. The molecule has 0 bridgehead atoms. The van der Waals surface area contributed by atoms with Crippen molar-refractivity contribution in [2.75, 3.05) is 13.2 Å². The molecule has 2 aliphatic heterocycles. The van der Waals surface area contributed by atoms with Gasteiger partial charge in [0.2, 0.25) is 0 Å². The fraction of sp³-hybridized carbons (Fsp3) is 1.00. The van der Waals surface area contributed by atoms with E-state index >= 15 is 0 Å². The van der Waals surface area contributed by atoms with Crippen molar-refractivity contribution in [1.82, 2.24) is 0 Å². The van der Waals surface area contributed by atoms with E-state index in [0.717, 1.165) is 0 Å². The van der Waals surface area contributed by atoms with Crippen LogP contribution in [0.25, 0.3) is 0 Å². The van der Waals surface area contributed by atoms with Crippen molar-refractivity contribution < 1.29 is 49.6 Å². The van der Waals surface area contributed by atoms with Gasteiger partial charge in [0.05, 0.1) is 19.3 Å². The van der Waals surface area contributed by atoms with Crippen LogP contribution in [0, 0.1) is 0 Å². The van der Waals surface area contributed by atoms with E-state index in [0.29, 0.717) is 0 Å². The molecule has 2 rings (SSSR count). The maximum atomic E-state index is 9.99. The van der Waals surface area contributed by atoms with E-state index in [1.807, 2.05) is 0 Å². The fourth-order valence-electron chi connectivity index (χ4n) is 2.63. The molecule has 0 aromatic carbocycles. The van der Waals surface area contributed by atoms with Gasteiger partial charge in [-0.25, -0.2) is 0 Å². The average Bonchev–Trinajstić information content (AvgIpc) is 2.81. The van der Waals surface area contributed by atoms with Gasteiger partial charge in [0.25, 0.3) is 0 Å². The number of rotatable bonds is 6. The van der Waals surface area contributed by atoms with Gasteiger partial charge in [0, 0.05) is 0 Å². The third kappa shape index (κ3) is 4.22. The highest BCUT2D eigenvalue weighted by Gasteiger charge is 2.47. The zero-order valence-corrected chi connectivity index (χ0v) is 13.5. The number of aliphatic hydroxyl groups excluding tert-OH is 6. The number of ether oxygens (including phenoxy) is 4. The first kappa shape index (κ1) is 19.9. The van der Waals surface area contributed by atoms with Crippen LogP contribution < -0.4 is 0 Å². The maximum absolute atomic E-state index is 9.99. The molecule has 10 nitrogen and oxygen atoms in total. The van der Waals surface area contributed by atoms with Crippen LogP contribution in [0.3, 0.4) is 0 Å². The minimum absolute atomic E-state index is 0.283. The van der Waals surface area contributed by atoms with Crippen molar-refractivity contribution in [2.45, 2.75) is 75.3 Å². The van der Waals surface area contributed by atoms with Gasteiger partial charge in [-0.15, -0.1) is 0 Å². The molecule has 2 fully saturated rings. The second kappa shape index (κ2) is 8.32. The molecule has 6 N–H and O–H groups in total. The molecule has 0 spiro atoms. The van der Waals surface area contributed by atoms with Gasteiger partial charge < -0.3 is 49.6 Å². The highest BCUT2D eigenvalue weighted by Crippen LogP contribution is 2.26. The van der Waals surface area contributed by atoms with E-state index in [4.69, 9.17) is 24.1 Å². The van der Waals surface area contributed by atoms with Crippen molar-refractivity contribution in [1.29, 1.82) is 0 Å². The second-order valence-electron chi connectivity index (χ2n) is 6.24. The van der Waals surface area contributed by atoms with Crippen LogP contribution in [0.5, 0.6) is 0 Å². The molecule has 0 saturated carbocycles. The Labute approximate surface area is 139 Å². The van der Waals surface area contributed by atoms with Gasteiger partial charge >= 0.3 is 0 Å². The normalized spacial score (nSPS) is 46.6. The molecule has 0 aromatic heterocycles. The highest BCUT2D eigenvalue weighted by atomic mass is 16.7. The van der Waals surface area contributed by atoms with Crippen LogP contribution in [0.4, 0.5) is 0 Å². The van der Waals surface area contributed by atoms with Gasteiger partial charge in [-0.2, -0.15) is 0 Å². The molecule has 9 unspecified atom stereocenters. The summed E-state index contributed by atoms with van der Waals surface area (Å²) in [5.41, 5.74) is 0. The Bertz CT molecular complexity index is 394. The summed E-state index contributed by atoms with van der Waals surface area (Å²) in [5, 5.41) is 58.2. The number of hydrogen-bond acceptors (Lipinski definition) is 10. The zero-order chi connectivity index (χ0) is 18.0. The molecule has 2 heterocycles. The Morgan fingerprint density at radius 1 is 0.792 bits per heavy atom. The second-order valence-corrected chi connectivity index (χ2v) is 6.24.